The lowest BCUT2D eigenvalue weighted by Crippen LogP contribution is -2.50. The molecule has 2 heteroatoms. The second-order valence-electron chi connectivity index (χ2n) is 23.9. The van der Waals surface area contributed by atoms with Crippen LogP contribution in [0.5, 0.6) is 0 Å². The van der Waals surface area contributed by atoms with Gasteiger partial charge in [-0.25, -0.2) is 4.48 Å². The Kier molecular flexibility index (Phi) is 54.0. The van der Waals surface area contributed by atoms with E-state index in [0.717, 1.165) is 0 Å². The highest BCUT2D eigenvalue weighted by Gasteiger charge is 2.42. The summed E-state index contributed by atoms with van der Waals surface area (Å²) in [5.74, 6) is 1.81. The molecule has 0 aromatic carbocycles. The highest BCUT2D eigenvalue weighted by Crippen LogP contribution is 2.27. The molecule has 1 atom stereocenters. The van der Waals surface area contributed by atoms with Crippen molar-refractivity contribution in [3.8, 4) is 0 Å². The Labute approximate surface area is 445 Å². The van der Waals surface area contributed by atoms with Crippen LogP contribution in [0.1, 0.15) is 400 Å². The molecule has 0 saturated carbocycles. The van der Waals surface area contributed by atoms with E-state index in [1.807, 2.05) is 5.84 Å². The second kappa shape index (κ2) is 56.1. The molecule has 0 fully saturated rings. The lowest BCUT2D eigenvalue weighted by Gasteiger charge is -2.29. The van der Waals surface area contributed by atoms with Gasteiger partial charge in [-0.15, -0.1) is 0 Å². The number of nitrogens with zero attached hydrogens (tertiary/aromatic N) is 2. The Morgan fingerprint density at radius 1 is 0.243 bits per heavy atom. The predicted molar refractivity (Wildman–Crippen MR) is 320 cm³/mol. The summed E-state index contributed by atoms with van der Waals surface area (Å²) in [4.78, 5) is 0. The third-order valence-corrected chi connectivity index (χ3v) is 17.0. The molecule has 1 heterocycles. The fourth-order valence-electron chi connectivity index (χ4n) is 12.0. The van der Waals surface area contributed by atoms with Crippen LogP contribution in [0, 0.1) is 0 Å². The molecule has 1 aliphatic heterocycles. The van der Waals surface area contributed by atoms with Gasteiger partial charge in [0.15, 0.2) is 12.7 Å². The van der Waals surface area contributed by atoms with Gasteiger partial charge in [0.05, 0.1) is 19.5 Å². The van der Waals surface area contributed by atoms with Gasteiger partial charge in [0.1, 0.15) is 0 Å². The first-order chi connectivity index (χ1) is 34.7. The van der Waals surface area contributed by atoms with Crippen LogP contribution < -0.4 is 0 Å². The number of rotatable bonds is 61. The van der Waals surface area contributed by atoms with Gasteiger partial charge in [0.2, 0.25) is 6.20 Å². The third kappa shape index (κ3) is 43.7. The van der Waals surface area contributed by atoms with Crippen molar-refractivity contribution in [1.29, 1.82) is 0 Å². The third-order valence-electron chi connectivity index (χ3n) is 17.0. The molecule has 1 aliphatic rings. The SMILES string of the molecule is CCCCCCCCCCCCCCCCCCC[N+]1(CCCCCCCCCCCCCCCCCC)C=C[N+](CCCCCCCCCCCCCC)=C1CCCCCCCCCCCCCC. The minimum absolute atomic E-state index is 1.22. The van der Waals surface area contributed by atoms with Gasteiger partial charge < -0.3 is 0 Å². The quantitative estimate of drug-likeness (QED) is 0.0325. The van der Waals surface area contributed by atoms with E-state index < -0.39 is 0 Å². The van der Waals surface area contributed by atoms with Crippen molar-refractivity contribution in [2.24, 2.45) is 0 Å². The highest BCUT2D eigenvalue weighted by atomic mass is 15.4. The maximum absolute atomic E-state index is 2.83. The van der Waals surface area contributed by atoms with Crippen molar-refractivity contribution < 1.29 is 9.06 Å². The molecule has 0 radical (unpaired) electrons. The minimum atomic E-state index is 1.22. The van der Waals surface area contributed by atoms with Gasteiger partial charge in [-0.05, 0) is 38.5 Å². The van der Waals surface area contributed by atoms with Crippen LogP contribution in [-0.2, 0) is 0 Å². The summed E-state index contributed by atoms with van der Waals surface area (Å²) < 4.78 is 4.04. The Bertz CT molecular complexity index is 1060. The van der Waals surface area contributed by atoms with Gasteiger partial charge in [-0.1, -0.05) is 349 Å². The van der Waals surface area contributed by atoms with Crippen molar-refractivity contribution in [2.45, 2.75) is 400 Å². The normalized spacial score (nSPS) is 14.9. The predicted octanol–water partition coefficient (Wildman–Crippen LogP) is 24.4. The molecular weight excluding hydrogens is 845 g/mol. The molecule has 0 aliphatic carbocycles. The van der Waals surface area contributed by atoms with Crippen molar-refractivity contribution in [3.05, 3.63) is 12.4 Å². The molecule has 0 N–H and O–H groups in total. The van der Waals surface area contributed by atoms with Crippen LogP contribution in [-0.4, -0.2) is 34.5 Å². The maximum atomic E-state index is 2.83. The Morgan fingerprint density at radius 2 is 0.443 bits per heavy atom. The monoisotopic (exact) mass is 981 g/mol. The van der Waals surface area contributed by atoms with Gasteiger partial charge in [-0.3, -0.25) is 0 Å². The standard InChI is InChI=1S/C68H136N2/c1-5-9-13-17-21-25-29-33-35-37-39-41-45-49-53-57-61-66-70(65-60-56-52-48-44-40-38-36-34-30-26-22-18-14-10-6-2)67-64-69(63-59-55-51-47-43-32-28-24-20-16-12-8-4)68(70)62-58-54-50-46-42-31-27-23-19-15-11-7-3/h64,67H,5-63,65-66H2,1-4H3/q+2. The van der Waals surface area contributed by atoms with Gasteiger partial charge in [-0.2, -0.15) is 4.58 Å². The Morgan fingerprint density at radius 3 is 0.686 bits per heavy atom. The number of unbranched alkanes of at least 4 members (excludes halogenated alkanes) is 53. The van der Waals surface area contributed by atoms with Crippen LogP contribution >= 0.6 is 0 Å². The summed E-state index contributed by atoms with van der Waals surface area (Å²) in [6.45, 7) is 13.3. The molecule has 70 heavy (non-hydrogen) atoms. The Balaban J connectivity index is 2.69. The molecule has 0 aromatic rings. The van der Waals surface area contributed by atoms with Crippen molar-refractivity contribution in [2.75, 3.05) is 19.6 Å². The first-order valence-corrected chi connectivity index (χ1v) is 33.9. The number of hydrogen-bond donors (Lipinski definition) is 0. The molecule has 0 spiro atoms. The van der Waals surface area contributed by atoms with Gasteiger partial charge in [0.25, 0.3) is 0 Å². The molecule has 416 valence electrons. The van der Waals surface area contributed by atoms with Crippen LogP contribution in [0.2, 0.25) is 0 Å². The first kappa shape index (κ1) is 67.4. The summed E-state index contributed by atoms with van der Waals surface area (Å²) >= 11 is 0. The zero-order valence-corrected chi connectivity index (χ0v) is 49.7. The molecular formula is C68H136N2+2. The van der Waals surface area contributed by atoms with Crippen molar-refractivity contribution >= 4 is 5.84 Å². The molecule has 0 amide bonds. The molecule has 0 aromatic heterocycles. The van der Waals surface area contributed by atoms with E-state index in [2.05, 4.69) is 44.7 Å². The van der Waals surface area contributed by atoms with Crippen molar-refractivity contribution in [3.63, 3.8) is 0 Å². The van der Waals surface area contributed by atoms with E-state index in [0.29, 0.717) is 0 Å². The fraction of sp³-hybridized carbons (Fsp3) is 0.956. The van der Waals surface area contributed by atoms with Crippen molar-refractivity contribution in [1.82, 2.24) is 0 Å². The lowest BCUT2D eigenvalue weighted by molar-refractivity contribution is -0.801. The smallest absolute Gasteiger partial charge is 0.209 e. The summed E-state index contributed by atoms with van der Waals surface area (Å²) in [6, 6.07) is 0. The fourth-order valence-corrected chi connectivity index (χ4v) is 12.0. The zero-order valence-electron chi connectivity index (χ0n) is 49.7. The lowest BCUT2D eigenvalue weighted by atomic mass is 10.0. The number of hydrogen-bond acceptors (Lipinski definition) is 0. The van der Waals surface area contributed by atoms with E-state index in [4.69, 9.17) is 0 Å². The average Bonchev–Trinajstić information content (AvgIpc) is 3.71. The number of quaternary nitrogens is 1. The molecule has 1 unspecified atom stereocenters. The second-order valence-corrected chi connectivity index (χ2v) is 23.9. The summed E-state index contributed by atoms with van der Waals surface area (Å²) in [6.07, 6.45) is 89.5. The largest absolute Gasteiger partial charge is 0.348 e. The van der Waals surface area contributed by atoms with Crippen LogP contribution in [0.4, 0.5) is 0 Å². The van der Waals surface area contributed by atoms with Gasteiger partial charge in [0, 0.05) is 6.42 Å². The zero-order chi connectivity index (χ0) is 50.2. The minimum Gasteiger partial charge on any atom is -0.209 e. The molecule has 2 nitrogen and oxygen atoms in total. The summed E-state index contributed by atoms with van der Waals surface area (Å²) in [7, 11) is 0. The number of amidine groups is 1. The molecule has 1 rings (SSSR count). The van der Waals surface area contributed by atoms with E-state index in [1.165, 1.54) is 397 Å². The van der Waals surface area contributed by atoms with E-state index in [9.17, 15) is 0 Å². The first-order valence-electron chi connectivity index (χ1n) is 33.9. The summed E-state index contributed by atoms with van der Waals surface area (Å²) in [5, 5.41) is 0. The topological polar surface area (TPSA) is 3.01 Å². The van der Waals surface area contributed by atoms with Crippen LogP contribution in [0.3, 0.4) is 0 Å². The molecule has 0 saturated heterocycles. The highest BCUT2D eigenvalue weighted by molar-refractivity contribution is 5.72. The van der Waals surface area contributed by atoms with Crippen LogP contribution in [0.25, 0.3) is 0 Å². The average molecular weight is 982 g/mol. The van der Waals surface area contributed by atoms with E-state index in [1.54, 1.807) is 0 Å². The maximum Gasteiger partial charge on any atom is 0.348 e. The molecule has 0 bridgehead atoms. The van der Waals surface area contributed by atoms with E-state index >= 15 is 0 Å². The van der Waals surface area contributed by atoms with E-state index in [-0.39, 0.29) is 0 Å². The summed E-state index contributed by atoms with van der Waals surface area (Å²) in [5.41, 5.74) is 0. The van der Waals surface area contributed by atoms with Crippen LogP contribution in [0.15, 0.2) is 12.4 Å². The Hall–Kier alpha value is -0.630. The van der Waals surface area contributed by atoms with Gasteiger partial charge >= 0.3 is 5.84 Å².